The molecule has 0 aliphatic rings. The van der Waals surface area contributed by atoms with Gasteiger partial charge in [-0.3, -0.25) is 0 Å². The molecule has 1 aromatic carbocycles. The lowest BCUT2D eigenvalue weighted by atomic mass is 10.0. The van der Waals surface area contributed by atoms with E-state index in [4.69, 9.17) is 0 Å². The second kappa shape index (κ2) is 4.42. The van der Waals surface area contributed by atoms with Crippen molar-refractivity contribution >= 4 is 5.97 Å². The minimum absolute atomic E-state index is 0.356. The molecule has 0 amide bonds. The van der Waals surface area contributed by atoms with Crippen LogP contribution in [0, 0.1) is 0 Å². The molecule has 0 heterocycles. The molecular weight excluding hydrogens is 225 g/mol. The third kappa shape index (κ3) is 3.45. The second-order valence-corrected chi connectivity index (χ2v) is 3.16. The van der Waals surface area contributed by atoms with Gasteiger partial charge >= 0.3 is 6.36 Å². The zero-order chi connectivity index (χ0) is 12.3. The summed E-state index contributed by atoms with van der Waals surface area (Å²) in [6.45, 7) is 1.38. The third-order valence-electron chi connectivity index (χ3n) is 1.97. The number of carbonyl (C=O) groups is 1. The molecule has 0 fully saturated rings. The van der Waals surface area contributed by atoms with Crippen molar-refractivity contribution in [3.05, 3.63) is 29.8 Å². The molecule has 16 heavy (non-hydrogen) atoms. The van der Waals surface area contributed by atoms with Gasteiger partial charge in [0, 0.05) is 11.9 Å². The number of hydrogen-bond donors (Lipinski definition) is 0. The smallest absolute Gasteiger partial charge is 0.550 e. The van der Waals surface area contributed by atoms with Crippen LogP contribution in [-0.2, 0) is 4.79 Å². The minimum atomic E-state index is -4.75. The molecule has 0 saturated heterocycles. The normalized spacial score (nSPS) is 13.2. The van der Waals surface area contributed by atoms with E-state index in [0.29, 0.717) is 5.56 Å². The Labute approximate surface area is 89.5 Å². The summed E-state index contributed by atoms with van der Waals surface area (Å²) in [5, 5.41) is 10.5. The Hall–Kier alpha value is -1.72. The van der Waals surface area contributed by atoms with Gasteiger partial charge < -0.3 is 14.6 Å². The molecule has 0 saturated carbocycles. The van der Waals surface area contributed by atoms with E-state index in [2.05, 4.69) is 4.74 Å². The zero-order valence-corrected chi connectivity index (χ0v) is 8.25. The fourth-order valence-corrected chi connectivity index (χ4v) is 1.09. The maximum absolute atomic E-state index is 11.8. The molecule has 0 radical (unpaired) electrons. The molecule has 0 spiro atoms. The lowest BCUT2D eigenvalue weighted by Crippen LogP contribution is -2.27. The van der Waals surface area contributed by atoms with Crippen molar-refractivity contribution in [3.8, 4) is 5.75 Å². The molecule has 1 unspecified atom stereocenters. The van der Waals surface area contributed by atoms with Crippen molar-refractivity contribution in [2.45, 2.75) is 19.2 Å². The van der Waals surface area contributed by atoms with Crippen molar-refractivity contribution in [2.24, 2.45) is 0 Å². The van der Waals surface area contributed by atoms with Gasteiger partial charge in [-0.15, -0.1) is 13.2 Å². The first-order valence-electron chi connectivity index (χ1n) is 4.36. The minimum Gasteiger partial charge on any atom is -0.550 e. The van der Waals surface area contributed by atoms with E-state index < -0.39 is 18.2 Å². The Bertz CT molecular complexity index is 370. The summed E-state index contributed by atoms with van der Waals surface area (Å²) in [5.74, 6) is -2.55. The van der Waals surface area contributed by atoms with Gasteiger partial charge in [0.05, 0.1) is 0 Å². The predicted molar refractivity (Wildman–Crippen MR) is 46.5 cm³/mol. The predicted octanol–water partition coefficient (Wildman–Crippen LogP) is 1.44. The highest BCUT2D eigenvalue weighted by Crippen LogP contribution is 2.24. The number of aliphatic carboxylic acids is 1. The molecule has 0 aromatic heterocycles. The largest absolute Gasteiger partial charge is 0.573 e. The molecular formula is C10H8F3O3-. The summed E-state index contributed by atoms with van der Waals surface area (Å²) in [6, 6.07) is 4.62. The van der Waals surface area contributed by atoms with Crippen LogP contribution < -0.4 is 9.84 Å². The van der Waals surface area contributed by atoms with Crippen molar-refractivity contribution in [3.63, 3.8) is 0 Å². The van der Waals surface area contributed by atoms with E-state index in [-0.39, 0.29) is 5.75 Å². The standard InChI is InChI=1S/C10H9F3O3/c1-6(9(14)15)7-2-4-8(5-3-7)16-10(11,12)13/h2-6H,1H3,(H,14,15)/p-1. The molecule has 0 aliphatic heterocycles. The summed E-state index contributed by atoms with van der Waals surface area (Å²) < 4.78 is 39.0. The molecule has 0 bridgehead atoms. The molecule has 1 aromatic rings. The third-order valence-corrected chi connectivity index (χ3v) is 1.97. The van der Waals surface area contributed by atoms with Gasteiger partial charge in [-0.25, -0.2) is 0 Å². The van der Waals surface area contributed by atoms with Gasteiger partial charge in [0.15, 0.2) is 0 Å². The van der Waals surface area contributed by atoms with E-state index in [1.54, 1.807) is 0 Å². The number of alkyl halides is 3. The number of ether oxygens (including phenoxy) is 1. The van der Waals surface area contributed by atoms with Crippen molar-refractivity contribution in [1.29, 1.82) is 0 Å². The van der Waals surface area contributed by atoms with Crippen LogP contribution >= 0.6 is 0 Å². The van der Waals surface area contributed by atoms with Crippen LogP contribution in [0.3, 0.4) is 0 Å². The maximum Gasteiger partial charge on any atom is 0.573 e. The van der Waals surface area contributed by atoms with Gasteiger partial charge in [0.2, 0.25) is 0 Å². The number of carbonyl (C=O) groups excluding carboxylic acids is 1. The van der Waals surface area contributed by atoms with Gasteiger partial charge in [-0.1, -0.05) is 19.1 Å². The summed E-state index contributed by atoms with van der Waals surface area (Å²) in [7, 11) is 0. The molecule has 1 atom stereocenters. The van der Waals surface area contributed by atoms with Crippen molar-refractivity contribution < 1.29 is 27.8 Å². The van der Waals surface area contributed by atoms with Crippen LogP contribution in [0.4, 0.5) is 13.2 Å². The highest BCUT2D eigenvalue weighted by molar-refractivity contribution is 5.73. The molecule has 6 heteroatoms. The Morgan fingerprint density at radius 3 is 2.19 bits per heavy atom. The van der Waals surface area contributed by atoms with Crippen molar-refractivity contribution in [2.75, 3.05) is 0 Å². The average Bonchev–Trinajstić information content (AvgIpc) is 2.15. The Kier molecular flexibility index (Phi) is 3.41. The molecule has 1 rings (SSSR count). The number of rotatable bonds is 3. The fraction of sp³-hybridized carbons (Fsp3) is 0.300. The Morgan fingerprint density at radius 1 is 1.31 bits per heavy atom. The van der Waals surface area contributed by atoms with E-state index in [1.807, 2.05) is 0 Å². The van der Waals surface area contributed by atoms with Gasteiger partial charge in [0.1, 0.15) is 5.75 Å². The average molecular weight is 233 g/mol. The lowest BCUT2D eigenvalue weighted by Gasteiger charge is -2.14. The topological polar surface area (TPSA) is 49.4 Å². The zero-order valence-electron chi connectivity index (χ0n) is 8.25. The summed E-state index contributed by atoms with van der Waals surface area (Å²) >= 11 is 0. The van der Waals surface area contributed by atoms with E-state index >= 15 is 0 Å². The lowest BCUT2D eigenvalue weighted by molar-refractivity contribution is -0.307. The number of hydrogen-bond acceptors (Lipinski definition) is 3. The first-order chi connectivity index (χ1) is 7.29. The van der Waals surface area contributed by atoms with Crippen LogP contribution in [0.15, 0.2) is 24.3 Å². The molecule has 0 N–H and O–H groups in total. The highest BCUT2D eigenvalue weighted by atomic mass is 19.4. The van der Waals surface area contributed by atoms with Gasteiger partial charge in [-0.05, 0) is 17.7 Å². The quantitative estimate of drug-likeness (QED) is 0.793. The maximum atomic E-state index is 11.8. The summed E-state index contributed by atoms with van der Waals surface area (Å²) in [5.41, 5.74) is 0.356. The van der Waals surface area contributed by atoms with Gasteiger partial charge in [0.25, 0.3) is 0 Å². The van der Waals surface area contributed by atoms with Crippen LogP contribution in [0.5, 0.6) is 5.75 Å². The summed E-state index contributed by atoms with van der Waals surface area (Å²) in [6.07, 6.45) is -4.75. The SMILES string of the molecule is CC(C(=O)[O-])c1ccc(OC(F)(F)F)cc1. The van der Waals surface area contributed by atoms with Gasteiger partial charge in [-0.2, -0.15) is 0 Å². The van der Waals surface area contributed by atoms with E-state index in [0.717, 1.165) is 12.1 Å². The first kappa shape index (κ1) is 12.4. The number of carboxylic acid groups (broad SMARTS) is 1. The van der Waals surface area contributed by atoms with Crippen molar-refractivity contribution in [1.82, 2.24) is 0 Å². The second-order valence-electron chi connectivity index (χ2n) is 3.16. The Balaban J connectivity index is 2.79. The fourth-order valence-electron chi connectivity index (χ4n) is 1.09. The monoisotopic (exact) mass is 233 g/mol. The van der Waals surface area contributed by atoms with Crippen LogP contribution in [0.2, 0.25) is 0 Å². The molecule has 3 nitrogen and oxygen atoms in total. The van der Waals surface area contributed by atoms with Crippen LogP contribution in [0.25, 0.3) is 0 Å². The Morgan fingerprint density at radius 2 is 1.81 bits per heavy atom. The van der Waals surface area contributed by atoms with Crippen LogP contribution in [-0.4, -0.2) is 12.3 Å². The molecule has 0 aliphatic carbocycles. The highest BCUT2D eigenvalue weighted by Gasteiger charge is 2.30. The van der Waals surface area contributed by atoms with E-state index in [1.165, 1.54) is 19.1 Å². The van der Waals surface area contributed by atoms with E-state index in [9.17, 15) is 23.1 Å². The number of carboxylic acids is 1. The summed E-state index contributed by atoms with van der Waals surface area (Å²) in [4.78, 5) is 10.5. The number of halogens is 3. The number of benzene rings is 1. The van der Waals surface area contributed by atoms with Crippen LogP contribution in [0.1, 0.15) is 18.4 Å². The molecule has 88 valence electrons. The first-order valence-corrected chi connectivity index (χ1v) is 4.36.